The molecule has 0 bridgehead atoms. The molecule has 4 nitrogen and oxygen atoms in total. The van der Waals surface area contributed by atoms with Gasteiger partial charge in [0.05, 0.1) is 19.1 Å². The van der Waals surface area contributed by atoms with Crippen molar-refractivity contribution in [2.24, 2.45) is 17.6 Å². The van der Waals surface area contributed by atoms with Crippen LogP contribution in [-0.2, 0) is 9.53 Å². The quantitative estimate of drug-likeness (QED) is 0.552. The van der Waals surface area contributed by atoms with E-state index < -0.39 is 6.10 Å². The molecule has 0 heterocycles. The molecule has 1 aliphatic rings. The predicted molar refractivity (Wildman–Crippen MR) is 43.3 cm³/mol. The number of methoxy groups -OCH3 is 1. The molecular weight excluding hydrogens is 158 g/mol. The number of aliphatic hydroxyl groups excluding tert-OH is 1. The van der Waals surface area contributed by atoms with E-state index in [4.69, 9.17) is 5.73 Å². The van der Waals surface area contributed by atoms with Gasteiger partial charge in [-0.05, 0) is 25.3 Å². The van der Waals surface area contributed by atoms with Crippen LogP contribution in [0.1, 0.15) is 12.8 Å². The Labute approximate surface area is 71.7 Å². The average molecular weight is 173 g/mol. The van der Waals surface area contributed by atoms with Gasteiger partial charge in [0.2, 0.25) is 0 Å². The Morgan fingerprint density at radius 3 is 2.75 bits per heavy atom. The van der Waals surface area contributed by atoms with Gasteiger partial charge in [-0.3, -0.25) is 4.79 Å². The number of ether oxygens (including phenoxy) is 1. The zero-order valence-corrected chi connectivity index (χ0v) is 7.19. The van der Waals surface area contributed by atoms with Crippen LogP contribution in [0.4, 0.5) is 0 Å². The third-order valence-corrected chi connectivity index (χ3v) is 2.49. The molecule has 3 atom stereocenters. The standard InChI is InChI=1S/C8H15NO3/c1-12-8(11)5-2-6(4-9)7(10)3-5/h5-7,10H,2-4,9H2,1H3/t5-,6-,7-/m0/s1. The molecule has 0 radical (unpaired) electrons. The maximum atomic E-state index is 11.0. The molecule has 0 spiro atoms. The van der Waals surface area contributed by atoms with E-state index in [9.17, 15) is 9.90 Å². The van der Waals surface area contributed by atoms with Crippen molar-refractivity contribution in [2.45, 2.75) is 18.9 Å². The molecule has 1 fully saturated rings. The van der Waals surface area contributed by atoms with E-state index in [1.165, 1.54) is 7.11 Å². The lowest BCUT2D eigenvalue weighted by Gasteiger charge is -2.09. The highest BCUT2D eigenvalue weighted by molar-refractivity contribution is 5.72. The Kier molecular flexibility index (Phi) is 3.05. The Hall–Kier alpha value is -0.610. The molecule has 0 amide bonds. The van der Waals surface area contributed by atoms with Gasteiger partial charge in [0.15, 0.2) is 0 Å². The maximum absolute atomic E-state index is 11.0. The SMILES string of the molecule is COC(=O)[C@H]1C[C@@H](CN)[C@@H](O)C1. The molecular formula is C8H15NO3. The van der Waals surface area contributed by atoms with Crippen LogP contribution in [0.3, 0.4) is 0 Å². The van der Waals surface area contributed by atoms with E-state index in [-0.39, 0.29) is 17.8 Å². The van der Waals surface area contributed by atoms with Crippen molar-refractivity contribution in [3.63, 3.8) is 0 Å². The van der Waals surface area contributed by atoms with Gasteiger partial charge >= 0.3 is 5.97 Å². The minimum absolute atomic E-state index is 0.0640. The van der Waals surface area contributed by atoms with Crippen molar-refractivity contribution in [1.29, 1.82) is 0 Å². The summed E-state index contributed by atoms with van der Waals surface area (Å²) < 4.78 is 4.58. The fourth-order valence-electron chi connectivity index (χ4n) is 1.72. The van der Waals surface area contributed by atoms with Gasteiger partial charge in [-0.1, -0.05) is 0 Å². The van der Waals surface area contributed by atoms with E-state index in [0.29, 0.717) is 19.4 Å². The fourth-order valence-corrected chi connectivity index (χ4v) is 1.72. The Morgan fingerprint density at radius 1 is 1.67 bits per heavy atom. The maximum Gasteiger partial charge on any atom is 0.308 e. The molecule has 0 aromatic rings. The Balaban J connectivity index is 2.48. The summed E-state index contributed by atoms with van der Waals surface area (Å²) in [5, 5.41) is 9.42. The molecule has 0 aromatic heterocycles. The number of aliphatic hydroxyl groups is 1. The summed E-state index contributed by atoms with van der Waals surface area (Å²) in [5.41, 5.74) is 5.42. The molecule has 4 heteroatoms. The van der Waals surface area contributed by atoms with Crippen LogP contribution in [0.15, 0.2) is 0 Å². The molecule has 3 N–H and O–H groups in total. The predicted octanol–water partition coefficient (Wildman–Crippen LogP) is -0.495. The highest BCUT2D eigenvalue weighted by Crippen LogP contribution is 2.31. The van der Waals surface area contributed by atoms with E-state index in [0.717, 1.165) is 0 Å². The average Bonchev–Trinajstić information content (AvgIpc) is 2.45. The van der Waals surface area contributed by atoms with Crippen molar-refractivity contribution < 1.29 is 14.6 Å². The minimum atomic E-state index is -0.431. The lowest BCUT2D eigenvalue weighted by molar-refractivity contribution is -0.145. The van der Waals surface area contributed by atoms with Crippen molar-refractivity contribution in [3.05, 3.63) is 0 Å². The lowest BCUT2D eigenvalue weighted by atomic mass is 10.1. The minimum Gasteiger partial charge on any atom is -0.469 e. The first-order valence-corrected chi connectivity index (χ1v) is 4.15. The number of nitrogens with two attached hydrogens (primary N) is 1. The van der Waals surface area contributed by atoms with E-state index in [1.807, 2.05) is 0 Å². The van der Waals surface area contributed by atoms with Gasteiger partial charge in [-0.15, -0.1) is 0 Å². The van der Waals surface area contributed by atoms with E-state index in [1.54, 1.807) is 0 Å². The van der Waals surface area contributed by atoms with Crippen molar-refractivity contribution in [2.75, 3.05) is 13.7 Å². The third kappa shape index (κ3) is 1.76. The number of carbonyl (C=O) groups excluding carboxylic acids is 1. The van der Waals surface area contributed by atoms with Gasteiger partial charge in [0.25, 0.3) is 0 Å². The molecule has 1 saturated carbocycles. The second kappa shape index (κ2) is 3.87. The van der Waals surface area contributed by atoms with Crippen molar-refractivity contribution in [3.8, 4) is 0 Å². The van der Waals surface area contributed by atoms with Crippen LogP contribution >= 0.6 is 0 Å². The zero-order valence-electron chi connectivity index (χ0n) is 7.19. The largest absolute Gasteiger partial charge is 0.469 e. The van der Waals surface area contributed by atoms with Gasteiger partial charge in [0.1, 0.15) is 0 Å². The smallest absolute Gasteiger partial charge is 0.308 e. The first-order chi connectivity index (χ1) is 5.69. The zero-order chi connectivity index (χ0) is 9.14. The normalized spacial score (nSPS) is 35.1. The third-order valence-electron chi connectivity index (χ3n) is 2.49. The second-order valence-electron chi connectivity index (χ2n) is 3.25. The van der Waals surface area contributed by atoms with Gasteiger partial charge < -0.3 is 15.6 Å². The molecule has 0 aromatic carbocycles. The highest BCUT2D eigenvalue weighted by atomic mass is 16.5. The fraction of sp³-hybridized carbons (Fsp3) is 0.875. The van der Waals surface area contributed by atoms with Gasteiger partial charge in [-0.25, -0.2) is 0 Å². The highest BCUT2D eigenvalue weighted by Gasteiger charge is 2.36. The van der Waals surface area contributed by atoms with Crippen LogP contribution in [0.2, 0.25) is 0 Å². The molecule has 70 valence electrons. The molecule has 1 rings (SSSR count). The summed E-state index contributed by atoms with van der Waals surface area (Å²) in [5.74, 6) is -0.322. The second-order valence-corrected chi connectivity index (χ2v) is 3.25. The monoisotopic (exact) mass is 173 g/mol. The number of rotatable bonds is 2. The molecule has 0 saturated heterocycles. The summed E-state index contributed by atoms with van der Waals surface area (Å²) >= 11 is 0. The summed E-state index contributed by atoms with van der Waals surface area (Å²) in [6.45, 7) is 0.439. The summed E-state index contributed by atoms with van der Waals surface area (Å²) in [4.78, 5) is 11.0. The topological polar surface area (TPSA) is 72.5 Å². The lowest BCUT2D eigenvalue weighted by Crippen LogP contribution is -2.21. The van der Waals surface area contributed by atoms with Crippen LogP contribution in [0, 0.1) is 11.8 Å². The number of carbonyl (C=O) groups is 1. The Morgan fingerprint density at radius 2 is 2.33 bits per heavy atom. The first-order valence-electron chi connectivity index (χ1n) is 4.15. The summed E-state index contributed by atoms with van der Waals surface area (Å²) in [6.07, 6.45) is 0.720. The van der Waals surface area contributed by atoms with Crippen LogP contribution < -0.4 is 5.73 Å². The first kappa shape index (κ1) is 9.48. The van der Waals surface area contributed by atoms with Gasteiger partial charge in [0, 0.05) is 0 Å². The van der Waals surface area contributed by atoms with Crippen molar-refractivity contribution >= 4 is 5.97 Å². The van der Waals surface area contributed by atoms with Crippen LogP contribution in [0.5, 0.6) is 0 Å². The summed E-state index contributed by atoms with van der Waals surface area (Å²) in [7, 11) is 1.37. The molecule has 0 unspecified atom stereocenters. The number of esters is 1. The molecule has 0 aliphatic heterocycles. The summed E-state index contributed by atoms with van der Waals surface area (Å²) in [6, 6.07) is 0. The van der Waals surface area contributed by atoms with Gasteiger partial charge in [-0.2, -0.15) is 0 Å². The number of hydrogen-bond donors (Lipinski definition) is 2. The molecule has 12 heavy (non-hydrogen) atoms. The Bertz CT molecular complexity index is 172. The molecule has 1 aliphatic carbocycles. The van der Waals surface area contributed by atoms with E-state index in [2.05, 4.69) is 4.74 Å². The number of hydrogen-bond acceptors (Lipinski definition) is 4. The van der Waals surface area contributed by atoms with Crippen molar-refractivity contribution in [1.82, 2.24) is 0 Å². The van der Waals surface area contributed by atoms with Crippen LogP contribution in [0.25, 0.3) is 0 Å². The van der Waals surface area contributed by atoms with Crippen LogP contribution in [-0.4, -0.2) is 30.8 Å². The van der Waals surface area contributed by atoms with E-state index >= 15 is 0 Å².